The van der Waals surface area contributed by atoms with Crippen molar-refractivity contribution in [2.24, 2.45) is 0 Å². The average Bonchev–Trinajstić information content (AvgIpc) is 2.47. The van der Waals surface area contributed by atoms with Gasteiger partial charge in [0.15, 0.2) is 8.32 Å². The molecule has 0 saturated carbocycles. The molecule has 0 N–H and O–H groups in total. The summed E-state index contributed by atoms with van der Waals surface area (Å²) in [6, 6.07) is 0. The van der Waals surface area contributed by atoms with Crippen molar-refractivity contribution in [3.8, 4) is 0 Å². The molecule has 3 nitrogen and oxygen atoms in total. The van der Waals surface area contributed by atoms with E-state index < -0.39 is 8.32 Å². The standard InChI is InChI=1S/C12H27BNO2Si/c1-10-8-14(13-15-10)9-11(2)16-17(6,7)12(3,4)5/h10-11H,8-9H2,1-7H3/t10-,11-/m0/s1. The van der Waals surface area contributed by atoms with E-state index in [1.165, 1.54) is 0 Å². The molecule has 1 heterocycles. The van der Waals surface area contributed by atoms with Gasteiger partial charge in [-0.2, -0.15) is 0 Å². The fourth-order valence-electron chi connectivity index (χ4n) is 1.77. The number of hydrogen-bond acceptors (Lipinski definition) is 2. The van der Waals surface area contributed by atoms with Gasteiger partial charge in [0, 0.05) is 0 Å². The first-order chi connectivity index (χ1) is 7.62. The van der Waals surface area contributed by atoms with Crippen LogP contribution in [0.2, 0.25) is 18.1 Å². The van der Waals surface area contributed by atoms with Gasteiger partial charge in [-0.05, 0) is 32.0 Å². The molecule has 1 aliphatic rings. The summed E-state index contributed by atoms with van der Waals surface area (Å²) in [7, 11) is 0.205. The Bertz CT molecular complexity index is 299. The summed E-state index contributed by atoms with van der Waals surface area (Å²) in [4.78, 5) is 0. The lowest BCUT2D eigenvalue weighted by Crippen LogP contribution is -2.45. The minimum absolute atomic E-state index is 0.265. The third kappa shape index (κ3) is 4.21. The maximum atomic E-state index is 6.32. The first-order valence-electron chi connectivity index (χ1n) is 6.52. The SMILES string of the molecule is C[C@H]1C[N+](C[C@H](C)O[Si](C)(C)C(C)(C)C)=[B-]O1. The molecule has 0 aromatic carbocycles. The monoisotopic (exact) mass is 256 g/mol. The second kappa shape index (κ2) is 5.23. The summed E-state index contributed by atoms with van der Waals surface area (Å²) in [6.45, 7) is 17.6. The molecule has 0 spiro atoms. The third-order valence-electron chi connectivity index (χ3n) is 3.73. The number of nitrogens with zero attached hydrogens (tertiary/aromatic N) is 1. The predicted molar refractivity (Wildman–Crippen MR) is 74.0 cm³/mol. The van der Waals surface area contributed by atoms with E-state index in [0.29, 0.717) is 6.10 Å². The lowest BCUT2D eigenvalue weighted by Gasteiger charge is -2.38. The fraction of sp³-hybridized carbons (Fsp3) is 1.00. The lowest BCUT2D eigenvalue weighted by molar-refractivity contribution is -0.516. The molecule has 1 rings (SSSR count). The quantitative estimate of drug-likeness (QED) is 0.721. The molecule has 99 valence electrons. The molecule has 0 unspecified atom stereocenters. The number of hydrogen-bond donors (Lipinski definition) is 0. The summed E-state index contributed by atoms with van der Waals surface area (Å²) >= 11 is 0. The third-order valence-corrected chi connectivity index (χ3v) is 8.33. The summed E-state index contributed by atoms with van der Waals surface area (Å²) < 4.78 is 14.0. The van der Waals surface area contributed by atoms with Crippen molar-refractivity contribution in [1.82, 2.24) is 0 Å². The van der Waals surface area contributed by atoms with Crippen molar-refractivity contribution in [2.75, 3.05) is 13.1 Å². The number of rotatable bonds is 4. The Labute approximate surface area is 108 Å². The Hall–Kier alpha value is -0.158. The van der Waals surface area contributed by atoms with Gasteiger partial charge < -0.3 is 13.6 Å². The van der Waals surface area contributed by atoms with Crippen LogP contribution in [0.4, 0.5) is 0 Å². The maximum absolute atomic E-state index is 6.32. The Balaban J connectivity index is 2.47. The molecule has 0 amide bonds. The van der Waals surface area contributed by atoms with Crippen LogP contribution in [0.25, 0.3) is 0 Å². The van der Waals surface area contributed by atoms with E-state index in [9.17, 15) is 0 Å². The Kier molecular flexibility index (Phi) is 4.58. The normalized spacial score (nSPS) is 23.2. The molecule has 1 radical (unpaired) electrons. The van der Waals surface area contributed by atoms with Crippen LogP contribution in [0, 0.1) is 0 Å². The largest absolute Gasteiger partial charge is 0.715 e. The van der Waals surface area contributed by atoms with Crippen LogP contribution in [0.5, 0.6) is 0 Å². The van der Waals surface area contributed by atoms with E-state index in [-0.39, 0.29) is 11.1 Å². The fourth-order valence-corrected chi connectivity index (χ4v) is 3.21. The van der Waals surface area contributed by atoms with Gasteiger partial charge in [0.1, 0.15) is 13.1 Å². The summed E-state index contributed by atoms with van der Waals surface area (Å²) in [5.74, 6) is 0. The van der Waals surface area contributed by atoms with Gasteiger partial charge in [0.2, 0.25) is 0 Å². The van der Waals surface area contributed by atoms with Crippen LogP contribution in [-0.2, 0) is 9.08 Å². The van der Waals surface area contributed by atoms with Crippen molar-refractivity contribution in [3.05, 3.63) is 0 Å². The van der Waals surface area contributed by atoms with Crippen molar-refractivity contribution in [3.63, 3.8) is 0 Å². The summed E-state index contributed by atoms with van der Waals surface area (Å²) in [6.07, 6.45) is 0.580. The van der Waals surface area contributed by atoms with Gasteiger partial charge >= 0.3 is 0 Å². The molecule has 0 saturated heterocycles. The molecule has 5 heteroatoms. The van der Waals surface area contributed by atoms with Crippen molar-refractivity contribution >= 4 is 15.6 Å². The molecule has 0 aromatic heterocycles. The van der Waals surface area contributed by atoms with Crippen molar-refractivity contribution in [2.45, 2.75) is 65.0 Å². The zero-order chi connectivity index (χ0) is 13.3. The van der Waals surface area contributed by atoms with Crippen LogP contribution < -0.4 is 0 Å². The minimum atomic E-state index is -1.64. The second-order valence-electron chi connectivity index (χ2n) is 6.69. The average molecular weight is 256 g/mol. The molecule has 0 aromatic rings. The van der Waals surface area contributed by atoms with Gasteiger partial charge in [0.05, 0.1) is 12.2 Å². The van der Waals surface area contributed by atoms with Crippen LogP contribution in [-0.4, -0.2) is 45.4 Å². The lowest BCUT2D eigenvalue weighted by atomic mass is 10.2. The zero-order valence-electron chi connectivity index (χ0n) is 12.4. The first kappa shape index (κ1) is 14.9. The van der Waals surface area contributed by atoms with Crippen LogP contribution in [0.3, 0.4) is 0 Å². The minimum Gasteiger partial charge on any atom is -0.715 e. The zero-order valence-corrected chi connectivity index (χ0v) is 13.4. The Morgan fingerprint density at radius 3 is 2.47 bits per heavy atom. The second-order valence-corrected chi connectivity index (χ2v) is 11.5. The van der Waals surface area contributed by atoms with Gasteiger partial charge in [-0.15, -0.1) is 0 Å². The molecular formula is C12H27BNO2Si. The van der Waals surface area contributed by atoms with E-state index in [0.717, 1.165) is 13.1 Å². The summed E-state index contributed by atoms with van der Waals surface area (Å²) in [5, 5.41) is 0.278. The highest BCUT2D eigenvalue weighted by Gasteiger charge is 2.38. The van der Waals surface area contributed by atoms with E-state index in [1.54, 1.807) is 0 Å². The van der Waals surface area contributed by atoms with Gasteiger partial charge in [-0.1, -0.05) is 20.8 Å². The molecule has 0 aliphatic carbocycles. The Morgan fingerprint density at radius 2 is 2.06 bits per heavy atom. The van der Waals surface area contributed by atoms with E-state index >= 15 is 0 Å². The van der Waals surface area contributed by atoms with Gasteiger partial charge in [-0.3, -0.25) is 0 Å². The highest BCUT2D eigenvalue weighted by atomic mass is 28.4. The van der Waals surface area contributed by atoms with Gasteiger partial charge in [0.25, 0.3) is 7.27 Å². The molecule has 1 aliphatic heterocycles. The molecular weight excluding hydrogens is 229 g/mol. The molecule has 17 heavy (non-hydrogen) atoms. The highest BCUT2D eigenvalue weighted by molar-refractivity contribution is 6.74. The Morgan fingerprint density at radius 1 is 1.47 bits per heavy atom. The molecule has 0 fully saturated rings. The van der Waals surface area contributed by atoms with E-state index in [4.69, 9.17) is 9.08 Å². The van der Waals surface area contributed by atoms with Gasteiger partial charge in [-0.25, -0.2) is 0 Å². The van der Waals surface area contributed by atoms with Crippen molar-refractivity contribution < 1.29 is 13.6 Å². The van der Waals surface area contributed by atoms with Crippen molar-refractivity contribution in [1.29, 1.82) is 0 Å². The van der Waals surface area contributed by atoms with Crippen LogP contribution >= 0.6 is 0 Å². The van der Waals surface area contributed by atoms with Crippen LogP contribution in [0.15, 0.2) is 0 Å². The van der Waals surface area contributed by atoms with E-state index in [2.05, 4.69) is 52.2 Å². The topological polar surface area (TPSA) is 21.5 Å². The molecule has 2 atom stereocenters. The first-order valence-corrected chi connectivity index (χ1v) is 9.43. The smallest absolute Gasteiger partial charge is 0.293 e. The maximum Gasteiger partial charge on any atom is 0.293 e. The van der Waals surface area contributed by atoms with Crippen LogP contribution in [0.1, 0.15) is 34.6 Å². The molecule has 0 bridgehead atoms. The predicted octanol–water partition coefficient (Wildman–Crippen LogP) is 2.63. The van der Waals surface area contributed by atoms with E-state index in [1.807, 2.05) is 7.27 Å². The summed E-state index contributed by atoms with van der Waals surface area (Å²) in [5.41, 5.74) is 0. The highest BCUT2D eigenvalue weighted by Crippen LogP contribution is 2.37.